The van der Waals surface area contributed by atoms with Gasteiger partial charge in [0, 0.05) is 17.2 Å². The molecule has 1 aromatic heterocycles. The van der Waals surface area contributed by atoms with Crippen LogP contribution in [0.1, 0.15) is 63.6 Å². The van der Waals surface area contributed by atoms with Crippen LogP contribution in [-0.2, 0) is 0 Å². The zero-order valence-electron chi connectivity index (χ0n) is 11.5. The van der Waals surface area contributed by atoms with Gasteiger partial charge in [0.1, 0.15) is 5.82 Å². The molecule has 0 aliphatic heterocycles. The van der Waals surface area contributed by atoms with Crippen molar-refractivity contribution >= 4 is 5.82 Å². The lowest BCUT2D eigenvalue weighted by Crippen LogP contribution is -2.25. The molecule has 96 valence electrons. The molecular formula is C14H25N3. The first-order valence-corrected chi connectivity index (χ1v) is 6.70. The Balaban J connectivity index is 2.02. The minimum absolute atomic E-state index is 0.451. The summed E-state index contributed by atoms with van der Waals surface area (Å²) in [5.41, 5.74) is 8.68. The first-order chi connectivity index (χ1) is 7.89. The van der Waals surface area contributed by atoms with Gasteiger partial charge in [0.2, 0.25) is 0 Å². The van der Waals surface area contributed by atoms with Gasteiger partial charge in [-0.25, -0.2) is 0 Å². The number of rotatable bonds is 1. The second-order valence-electron chi connectivity index (χ2n) is 6.56. The number of aromatic amines is 1. The number of nitrogens with two attached hydrogens (primary N) is 1. The van der Waals surface area contributed by atoms with E-state index in [0.717, 1.165) is 11.5 Å². The Hall–Kier alpha value is -0.990. The van der Waals surface area contributed by atoms with E-state index in [1.165, 1.54) is 31.4 Å². The van der Waals surface area contributed by atoms with Crippen molar-refractivity contribution in [3.8, 4) is 0 Å². The molecular weight excluding hydrogens is 210 g/mol. The highest BCUT2D eigenvalue weighted by atomic mass is 15.2. The number of hydrogen-bond acceptors (Lipinski definition) is 2. The number of H-pyrrole nitrogens is 1. The Morgan fingerprint density at radius 1 is 1.18 bits per heavy atom. The number of nitrogens with zero attached hydrogens (tertiary/aromatic N) is 1. The van der Waals surface area contributed by atoms with Crippen LogP contribution < -0.4 is 5.73 Å². The van der Waals surface area contributed by atoms with E-state index in [1.54, 1.807) is 0 Å². The van der Waals surface area contributed by atoms with E-state index in [4.69, 9.17) is 5.73 Å². The topological polar surface area (TPSA) is 54.7 Å². The number of hydrogen-bond donors (Lipinski definition) is 2. The zero-order valence-corrected chi connectivity index (χ0v) is 11.5. The molecule has 17 heavy (non-hydrogen) atoms. The lowest BCUT2D eigenvalue weighted by atomic mass is 9.69. The van der Waals surface area contributed by atoms with E-state index < -0.39 is 0 Å². The molecule has 3 nitrogen and oxygen atoms in total. The van der Waals surface area contributed by atoms with Crippen LogP contribution in [0.2, 0.25) is 0 Å². The summed E-state index contributed by atoms with van der Waals surface area (Å²) in [6.07, 6.45) is 5.19. The minimum atomic E-state index is 0.451. The largest absolute Gasteiger partial charge is 0.382 e. The van der Waals surface area contributed by atoms with E-state index in [-0.39, 0.29) is 0 Å². The molecule has 1 saturated carbocycles. The molecule has 0 amide bonds. The van der Waals surface area contributed by atoms with Crippen LogP contribution in [0.25, 0.3) is 0 Å². The Morgan fingerprint density at radius 3 is 2.18 bits per heavy atom. The number of nitrogen functional groups attached to an aromatic ring is 1. The average molecular weight is 235 g/mol. The van der Waals surface area contributed by atoms with E-state index in [9.17, 15) is 0 Å². The summed E-state index contributed by atoms with van der Waals surface area (Å²) in [7, 11) is 0. The van der Waals surface area contributed by atoms with Crippen molar-refractivity contribution in [2.24, 2.45) is 11.3 Å². The summed E-state index contributed by atoms with van der Waals surface area (Å²) in [4.78, 5) is 0. The quantitative estimate of drug-likeness (QED) is 0.781. The zero-order chi connectivity index (χ0) is 12.6. The summed E-state index contributed by atoms with van der Waals surface area (Å²) in [5, 5.41) is 7.23. The number of nitrogens with one attached hydrogen (secondary N) is 1. The molecule has 2 rings (SSSR count). The van der Waals surface area contributed by atoms with Crippen LogP contribution in [0.5, 0.6) is 0 Å². The van der Waals surface area contributed by atoms with Gasteiger partial charge >= 0.3 is 0 Å². The molecule has 0 spiro atoms. The molecule has 0 unspecified atom stereocenters. The standard InChI is InChI=1S/C14H25N3/c1-9-12(16-17-13(9)15)10-5-7-11(8-6-10)14(2,3)4/h10-11H,5-8H2,1-4H3,(H3,15,16,17). The molecule has 0 saturated heterocycles. The van der Waals surface area contributed by atoms with Crippen molar-refractivity contribution < 1.29 is 0 Å². The molecule has 0 aromatic carbocycles. The maximum atomic E-state index is 5.80. The Morgan fingerprint density at radius 2 is 1.76 bits per heavy atom. The molecule has 3 heteroatoms. The molecule has 0 atom stereocenters. The van der Waals surface area contributed by atoms with Crippen molar-refractivity contribution in [2.45, 2.75) is 59.3 Å². The Bertz CT molecular complexity index is 379. The second-order valence-corrected chi connectivity index (χ2v) is 6.56. The Labute approximate surface area is 104 Å². The van der Waals surface area contributed by atoms with Crippen LogP contribution in [0.3, 0.4) is 0 Å². The summed E-state index contributed by atoms with van der Waals surface area (Å²) in [6, 6.07) is 0. The lowest BCUT2D eigenvalue weighted by Gasteiger charge is -2.36. The fraction of sp³-hybridized carbons (Fsp3) is 0.786. The van der Waals surface area contributed by atoms with Crippen LogP contribution in [0.4, 0.5) is 5.82 Å². The van der Waals surface area contributed by atoms with Gasteiger partial charge in [0.05, 0.1) is 0 Å². The fourth-order valence-corrected chi connectivity index (χ4v) is 3.07. The second kappa shape index (κ2) is 4.35. The molecule has 0 radical (unpaired) electrons. The normalized spacial score (nSPS) is 26.1. The maximum absolute atomic E-state index is 5.80. The molecule has 1 aromatic rings. The van der Waals surface area contributed by atoms with E-state index in [1.807, 2.05) is 0 Å². The lowest BCUT2D eigenvalue weighted by molar-refractivity contribution is 0.168. The summed E-state index contributed by atoms with van der Waals surface area (Å²) < 4.78 is 0. The molecule has 1 heterocycles. The van der Waals surface area contributed by atoms with Crippen molar-refractivity contribution in [1.29, 1.82) is 0 Å². The van der Waals surface area contributed by atoms with Gasteiger partial charge < -0.3 is 5.73 Å². The third kappa shape index (κ3) is 2.48. The predicted molar refractivity (Wildman–Crippen MR) is 71.9 cm³/mol. The smallest absolute Gasteiger partial charge is 0.148 e. The third-order valence-corrected chi connectivity index (χ3v) is 4.45. The monoisotopic (exact) mass is 235 g/mol. The molecule has 1 fully saturated rings. The van der Waals surface area contributed by atoms with Crippen molar-refractivity contribution in [1.82, 2.24) is 10.2 Å². The highest BCUT2D eigenvalue weighted by Crippen LogP contribution is 2.43. The predicted octanol–water partition coefficient (Wildman–Crippen LogP) is 3.62. The van der Waals surface area contributed by atoms with Gasteiger partial charge in [0.25, 0.3) is 0 Å². The number of anilines is 1. The summed E-state index contributed by atoms with van der Waals surface area (Å²) in [5.74, 6) is 2.16. The van der Waals surface area contributed by atoms with Crippen molar-refractivity contribution in [2.75, 3.05) is 5.73 Å². The van der Waals surface area contributed by atoms with Gasteiger partial charge in [-0.05, 0) is 43.9 Å². The van der Waals surface area contributed by atoms with Crippen LogP contribution in [0, 0.1) is 18.3 Å². The van der Waals surface area contributed by atoms with Gasteiger partial charge in [-0.1, -0.05) is 20.8 Å². The van der Waals surface area contributed by atoms with Gasteiger partial charge in [0.15, 0.2) is 0 Å². The highest BCUT2D eigenvalue weighted by Gasteiger charge is 2.31. The van der Waals surface area contributed by atoms with E-state index >= 15 is 0 Å². The summed E-state index contributed by atoms with van der Waals surface area (Å²) >= 11 is 0. The van der Waals surface area contributed by atoms with Crippen LogP contribution in [0.15, 0.2) is 0 Å². The van der Waals surface area contributed by atoms with Crippen molar-refractivity contribution in [3.05, 3.63) is 11.3 Å². The summed E-state index contributed by atoms with van der Waals surface area (Å²) in [6.45, 7) is 9.15. The van der Waals surface area contributed by atoms with E-state index in [2.05, 4.69) is 37.9 Å². The fourth-order valence-electron chi connectivity index (χ4n) is 3.07. The van der Waals surface area contributed by atoms with Crippen LogP contribution >= 0.6 is 0 Å². The van der Waals surface area contributed by atoms with Gasteiger partial charge in [-0.3, -0.25) is 5.10 Å². The first kappa shape index (κ1) is 12.5. The van der Waals surface area contributed by atoms with Crippen LogP contribution in [-0.4, -0.2) is 10.2 Å². The number of aromatic nitrogens is 2. The highest BCUT2D eigenvalue weighted by molar-refractivity contribution is 5.42. The maximum Gasteiger partial charge on any atom is 0.148 e. The SMILES string of the molecule is Cc1c(N)n[nH]c1C1CCC(C(C)(C)C)CC1. The average Bonchev–Trinajstić information content (AvgIpc) is 2.59. The van der Waals surface area contributed by atoms with E-state index in [0.29, 0.717) is 17.2 Å². The molecule has 0 bridgehead atoms. The van der Waals surface area contributed by atoms with Gasteiger partial charge in [-0.2, -0.15) is 5.10 Å². The first-order valence-electron chi connectivity index (χ1n) is 6.70. The molecule has 1 aliphatic rings. The van der Waals surface area contributed by atoms with Gasteiger partial charge in [-0.15, -0.1) is 0 Å². The third-order valence-electron chi connectivity index (χ3n) is 4.45. The molecule has 1 aliphatic carbocycles. The minimum Gasteiger partial charge on any atom is -0.382 e. The Kier molecular flexibility index (Phi) is 3.19. The van der Waals surface area contributed by atoms with Crippen molar-refractivity contribution in [3.63, 3.8) is 0 Å². The molecule has 3 N–H and O–H groups in total.